The molecule has 2 heteroatoms. The van der Waals surface area contributed by atoms with Gasteiger partial charge in [-0.1, -0.05) is 12.2 Å². The molecule has 0 spiro atoms. The second kappa shape index (κ2) is 1.14. The number of nitrogens with one attached hydrogen (secondary N) is 1. The first-order valence-corrected chi connectivity index (χ1v) is 3.00. The Hall–Kier alpha value is -0.340. The Kier molecular flexibility index (Phi) is 0.648. The zero-order valence-electron chi connectivity index (χ0n) is 4.72. The van der Waals surface area contributed by atoms with Crippen LogP contribution in [-0.4, -0.2) is 18.1 Å². The summed E-state index contributed by atoms with van der Waals surface area (Å²) < 4.78 is 0. The largest absolute Gasteiger partial charge is 0.321 e. The second-order valence-electron chi connectivity index (χ2n) is 2.78. The van der Waals surface area contributed by atoms with E-state index in [4.69, 9.17) is 5.73 Å². The van der Waals surface area contributed by atoms with Crippen molar-refractivity contribution in [1.82, 2.24) is 5.32 Å². The van der Waals surface area contributed by atoms with Crippen molar-refractivity contribution in [3.8, 4) is 0 Å². The minimum atomic E-state index is 0.0185. The lowest BCUT2D eigenvalue weighted by molar-refractivity contribution is 0.592. The van der Waals surface area contributed by atoms with Crippen LogP contribution in [0.5, 0.6) is 0 Å². The molecule has 8 heavy (non-hydrogen) atoms. The molecule has 0 amide bonds. The molecule has 44 valence electrons. The summed E-state index contributed by atoms with van der Waals surface area (Å²) in [5, 5.41) is 3.28. The molecule has 0 radical (unpaired) electrons. The third kappa shape index (κ3) is 0.443. The van der Waals surface area contributed by atoms with Gasteiger partial charge in [-0.2, -0.15) is 0 Å². The Morgan fingerprint density at radius 1 is 1.75 bits per heavy atom. The van der Waals surface area contributed by atoms with Gasteiger partial charge in [-0.25, -0.2) is 0 Å². The Bertz CT molecular complexity index is 141. The SMILES string of the molecule is N[C@]12C=C[C@H](C1)NC2. The van der Waals surface area contributed by atoms with Gasteiger partial charge in [-0.3, -0.25) is 0 Å². The van der Waals surface area contributed by atoms with Crippen LogP contribution < -0.4 is 11.1 Å². The molecule has 1 heterocycles. The van der Waals surface area contributed by atoms with Crippen LogP contribution in [0.3, 0.4) is 0 Å². The Morgan fingerprint density at radius 2 is 2.62 bits per heavy atom. The highest BCUT2D eigenvalue weighted by Gasteiger charge is 2.36. The van der Waals surface area contributed by atoms with Gasteiger partial charge < -0.3 is 11.1 Å². The molecule has 1 aliphatic heterocycles. The van der Waals surface area contributed by atoms with E-state index in [1.54, 1.807) is 0 Å². The van der Waals surface area contributed by atoms with Gasteiger partial charge in [0.15, 0.2) is 0 Å². The first-order valence-electron chi connectivity index (χ1n) is 3.00. The van der Waals surface area contributed by atoms with Crippen molar-refractivity contribution in [2.24, 2.45) is 5.73 Å². The minimum absolute atomic E-state index is 0.0185. The van der Waals surface area contributed by atoms with Gasteiger partial charge in [0.2, 0.25) is 0 Å². The van der Waals surface area contributed by atoms with Crippen LogP contribution in [0.25, 0.3) is 0 Å². The average molecular weight is 110 g/mol. The molecular formula is C6H10N2. The predicted octanol–water partition coefficient (Wildman–Crippen LogP) is -0.384. The summed E-state index contributed by atoms with van der Waals surface area (Å²) in [5.41, 5.74) is 5.87. The highest BCUT2D eigenvalue weighted by molar-refractivity contribution is 5.23. The van der Waals surface area contributed by atoms with E-state index in [0.29, 0.717) is 6.04 Å². The van der Waals surface area contributed by atoms with E-state index >= 15 is 0 Å². The number of hydrogen-bond acceptors (Lipinski definition) is 2. The van der Waals surface area contributed by atoms with Crippen LogP contribution in [0.1, 0.15) is 6.42 Å². The molecule has 0 aromatic rings. The molecule has 2 rings (SSSR count). The van der Waals surface area contributed by atoms with Gasteiger partial charge >= 0.3 is 0 Å². The maximum absolute atomic E-state index is 5.85. The van der Waals surface area contributed by atoms with Gasteiger partial charge in [-0.15, -0.1) is 0 Å². The fraction of sp³-hybridized carbons (Fsp3) is 0.667. The maximum Gasteiger partial charge on any atom is 0.0484 e. The summed E-state index contributed by atoms with van der Waals surface area (Å²) in [7, 11) is 0. The van der Waals surface area contributed by atoms with Crippen molar-refractivity contribution >= 4 is 0 Å². The lowest BCUT2D eigenvalue weighted by Crippen LogP contribution is -2.39. The molecule has 0 aromatic carbocycles. The van der Waals surface area contributed by atoms with E-state index in [9.17, 15) is 0 Å². The summed E-state index contributed by atoms with van der Waals surface area (Å²) in [6.45, 7) is 0.966. The zero-order valence-corrected chi connectivity index (χ0v) is 4.72. The molecule has 0 saturated carbocycles. The van der Waals surface area contributed by atoms with Crippen molar-refractivity contribution in [2.45, 2.75) is 18.0 Å². The van der Waals surface area contributed by atoms with Gasteiger partial charge in [-0.05, 0) is 6.42 Å². The highest BCUT2D eigenvalue weighted by atomic mass is 15.0. The summed E-state index contributed by atoms with van der Waals surface area (Å²) in [6.07, 6.45) is 5.38. The highest BCUT2D eigenvalue weighted by Crippen LogP contribution is 2.25. The molecule has 2 atom stereocenters. The van der Waals surface area contributed by atoms with Gasteiger partial charge in [0.05, 0.1) is 0 Å². The Labute approximate surface area is 48.8 Å². The van der Waals surface area contributed by atoms with Crippen LogP contribution in [-0.2, 0) is 0 Å². The quantitative estimate of drug-likeness (QED) is 0.417. The third-order valence-corrected chi connectivity index (χ3v) is 1.95. The molecular weight excluding hydrogens is 100 g/mol. The second-order valence-corrected chi connectivity index (χ2v) is 2.78. The minimum Gasteiger partial charge on any atom is -0.321 e. The molecule has 0 aromatic heterocycles. The van der Waals surface area contributed by atoms with Crippen molar-refractivity contribution in [3.63, 3.8) is 0 Å². The average Bonchev–Trinajstić information content (AvgIpc) is 2.21. The summed E-state index contributed by atoms with van der Waals surface area (Å²) in [5.74, 6) is 0. The van der Waals surface area contributed by atoms with Crippen molar-refractivity contribution in [3.05, 3.63) is 12.2 Å². The zero-order chi connectivity index (χ0) is 5.61. The summed E-state index contributed by atoms with van der Waals surface area (Å²) in [6, 6.07) is 0.583. The van der Waals surface area contributed by atoms with E-state index in [-0.39, 0.29) is 5.54 Å². The summed E-state index contributed by atoms with van der Waals surface area (Å²) >= 11 is 0. The molecule has 1 aliphatic carbocycles. The summed E-state index contributed by atoms with van der Waals surface area (Å²) in [4.78, 5) is 0. The third-order valence-electron chi connectivity index (χ3n) is 1.95. The molecule has 3 N–H and O–H groups in total. The maximum atomic E-state index is 5.85. The normalized spacial score (nSPS) is 50.9. The number of nitrogens with two attached hydrogens (primary N) is 1. The van der Waals surface area contributed by atoms with E-state index in [0.717, 1.165) is 13.0 Å². The van der Waals surface area contributed by atoms with Crippen LogP contribution in [0, 0.1) is 0 Å². The van der Waals surface area contributed by atoms with E-state index in [1.165, 1.54) is 0 Å². The standard InChI is InChI=1S/C6H10N2/c7-6-2-1-5(3-6)8-4-6/h1-2,5,8H,3-4,7H2/t5-,6-/m1/s1. The fourth-order valence-electron chi connectivity index (χ4n) is 1.45. The van der Waals surface area contributed by atoms with Crippen LogP contribution in [0.15, 0.2) is 12.2 Å². The van der Waals surface area contributed by atoms with Gasteiger partial charge in [0.25, 0.3) is 0 Å². The first-order chi connectivity index (χ1) is 3.79. The smallest absolute Gasteiger partial charge is 0.0484 e. The molecule has 2 aliphatic rings. The van der Waals surface area contributed by atoms with E-state index < -0.39 is 0 Å². The van der Waals surface area contributed by atoms with E-state index in [2.05, 4.69) is 17.5 Å². The lowest BCUT2D eigenvalue weighted by atomic mass is 10.0. The molecule has 0 unspecified atom stereocenters. The predicted molar refractivity (Wildman–Crippen MR) is 32.5 cm³/mol. The number of rotatable bonds is 0. The number of hydrogen-bond donors (Lipinski definition) is 2. The molecule has 1 fully saturated rings. The van der Waals surface area contributed by atoms with Gasteiger partial charge in [0.1, 0.15) is 0 Å². The lowest BCUT2D eigenvalue weighted by Gasteiger charge is -2.14. The molecule has 1 saturated heterocycles. The van der Waals surface area contributed by atoms with Crippen LogP contribution in [0.4, 0.5) is 0 Å². The van der Waals surface area contributed by atoms with Crippen LogP contribution >= 0.6 is 0 Å². The van der Waals surface area contributed by atoms with Crippen molar-refractivity contribution in [1.29, 1.82) is 0 Å². The van der Waals surface area contributed by atoms with Crippen molar-refractivity contribution in [2.75, 3.05) is 6.54 Å². The number of fused-ring (bicyclic) bond motifs is 2. The fourth-order valence-corrected chi connectivity index (χ4v) is 1.45. The first kappa shape index (κ1) is 4.53. The molecule has 2 bridgehead atoms. The monoisotopic (exact) mass is 110 g/mol. The van der Waals surface area contributed by atoms with E-state index in [1.807, 2.05) is 0 Å². The van der Waals surface area contributed by atoms with Crippen LogP contribution in [0.2, 0.25) is 0 Å². The topological polar surface area (TPSA) is 38.0 Å². The van der Waals surface area contributed by atoms with Crippen molar-refractivity contribution < 1.29 is 0 Å². The Balaban J connectivity index is 2.33. The molecule has 2 nitrogen and oxygen atoms in total. The van der Waals surface area contributed by atoms with Gasteiger partial charge in [0, 0.05) is 18.1 Å². The Morgan fingerprint density at radius 3 is 2.75 bits per heavy atom.